The fraction of sp³-hybridized carbons (Fsp3) is 0.148. The molecule has 3 aromatic rings. The Bertz CT molecular complexity index is 1390. The van der Waals surface area contributed by atoms with Crippen molar-refractivity contribution in [2.75, 3.05) is 19.0 Å². The van der Waals surface area contributed by atoms with Gasteiger partial charge in [0.2, 0.25) is 0 Å². The Balaban J connectivity index is 1.90. The summed E-state index contributed by atoms with van der Waals surface area (Å²) in [6, 6.07) is 15.0. The van der Waals surface area contributed by atoms with Crippen LogP contribution in [0, 0.1) is 18.3 Å². The molecule has 0 aliphatic carbocycles. The van der Waals surface area contributed by atoms with Crippen molar-refractivity contribution >= 4 is 67.1 Å². The molecule has 3 aromatic carbocycles. The van der Waals surface area contributed by atoms with Crippen molar-refractivity contribution in [2.24, 2.45) is 0 Å². The van der Waals surface area contributed by atoms with Gasteiger partial charge in [0.1, 0.15) is 17.4 Å². The third-order valence-electron chi connectivity index (χ3n) is 4.95. The molecule has 1 amide bonds. The maximum Gasteiger partial charge on any atom is 0.343 e. The summed E-state index contributed by atoms with van der Waals surface area (Å²) in [5.41, 5.74) is 2.01. The number of aryl methyl sites for hydroxylation is 1. The van der Waals surface area contributed by atoms with E-state index in [-0.39, 0.29) is 28.7 Å². The van der Waals surface area contributed by atoms with Crippen LogP contribution in [0.2, 0.25) is 5.02 Å². The predicted molar refractivity (Wildman–Crippen MR) is 149 cm³/mol. The predicted octanol–water partition coefficient (Wildman–Crippen LogP) is 7.35. The van der Waals surface area contributed by atoms with Gasteiger partial charge in [-0.2, -0.15) is 5.26 Å². The average molecular weight is 649 g/mol. The van der Waals surface area contributed by atoms with Gasteiger partial charge in [0.25, 0.3) is 5.91 Å². The van der Waals surface area contributed by atoms with Crippen LogP contribution in [-0.4, -0.2) is 25.6 Å². The van der Waals surface area contributed by atoms with Crippen LogP contribution in [-0.2, 0) is 4.79 Å². The Labute approximate surface area is 236 Å². The second-order valence-electron chi connectivity index (χ2n) is 7.61. The van der Waals surface area contributed by atoms with Crippen molar-refractivity contribution in [3.05, 3.63) is 84.8 Å². The highest BCUT2D eigenvalue weighted by atomic mass is 79.9. The molecule has 0 atom stereocenters. The Morgan fingerprint density at radius 3 is 2.32 bits per heavy atom. The van der Waals surface area contributed by atoms with E-state index in [2.05, 4.69) is 37.2 Å². The van der Waals surface area contributed by atoms with Gasteiger partial charge in [-0.1, -0.05) is 11.6 Å². The molecule has 10 heteroatoms. The SMILES string of the molecule is CCOc1cc(/C=C(\C#N)C(=O)Nc2c(Br)cc(C)cc2Br)cc(Cl)c1OC(=O)c1ccc(OC)cc1. The highest BCUT2D eigenvalue weighted by Gasteiger charge is 2.19. The van der Waals surface area contributed by atoms with E-state index in [1.165, 1.54) is 25.3 Å². The molecule has 3 rings (SSSR count). The molecular formula is C27H21Br2ClN2O5. The molecule has 190 valence electrons. The molecule has 0 unspecified atom stereocenters. The molecule has 0 aliphatic rings. The van der Waals surface area contributed by atoms with E-state index in [0.29, 0.717) is 31.5 Å². The topological polar surface area (TPSA) is 97.6 Å². The zero-order chi connectivity index (χ0) is 27.1. The van der Waals surface area contributed by atoms with E-state index in [1.807, 2.05) is 25.1 Å². The monoisotopic (exact) mass is 646 g/mol. The van der Waals surface area contributed by atoms with Gasteiger partial charge in [0.15, 0.2) is 11.5 Å². The lowest BCUT2D eigenvalue weighted by Crippen LogP contribution is -2.14. The van der Waals surface area contributed by atoms with Crippen LogP contribution in [0.5, 0.6) is 17.2 Å². The van der Waals surface area contributed by atoms with Gasteiger partial charge in [-0.15, -0.1) is 0 Å². The minimum absolute atomic E-state index is 0.0250. The number of ether oxygens (including phenoxy) is 3. The Morgan fingerprint density at radius 2 is 1.76 bits per heavy atom. The number of nitrogens with zero attached hydrogens (tertiary/aromatic N) is 1. The first-order valence-electron chi connectivity index (χ1n) is 10.9. The Morgan fingerprint density at radius 1 is 1.11 bits per heavy atom. The summed E-state index contributed by atoms with van der Waals surface area (Å²) in [5.74, 6) is -0.445. The van der Waals surface area contributed by atoms with Gasteiger partial charge in [-0.25, -0.2) is 4.79 Å². The fourth-order valence-electron chi connectivity index (χ4n) is 3.23. The summed E-state index contributed by atoms with van der Waals surface area (Å²) < 4.78 is 17.6. The van der Waals surface area contributed by atoms with Crippen LogP contribution >= 0.6 is 43.5 Å². The molecule has 0 spiro atoms. The van der Waals surface area contributed by atoms with E-state index >= 15 is 0 Å². The van der Waals surface area contributed by atoms with Gasteiger partial charge in [0.05, 0.1) is 30.0 Å². The average Bonchev–Trinajstić information content (AvgIpc) is 2.86. The van der Waals surface area contributed by atoms with Gasteiger partial charge < -0.3 is 19.5 Å². The first kappa shape index (κ1) is 28.3. The summed E-state index contributed by atoms with van der Waals surface area (Å²) >= 11 is 13.3. The van der Waals surface area contributed by atoms with Crippen LogP contribution in [0.15, 0.2) is 63.0 Å². The molecule has 0 bridgehead atoms. The van der Waals surface area contributed by atoms with Crippen LogP contribution < -0.4 is 19.5 Å². The highest BCUT2D eigenvalue weighted by molar-refractivity contribution is 9.11. The molecule has 0 aromatic heterocycles. The lowest BCUT2D eigenvalue weighted by molar-refractivity contribution is -0.112. The van der Waals surface area contributed by atoms with Gasteiger partial charge in [0, 0.05) is 8.95 Å². The third-order valence-corrected chi connectivity index (χ3v) is 6.48. The summed E-state index contributed by atoms with van der Waals surface area (Å²) in [6.45, 7) is 3.94. The first-order valence-corrected chi connectivity index (χ1v) is 12.8. The number of carbonyl (C=O) groups excluding carboxylic acids is 2. The summed E-state index contributed by atoms with van der Waals surface area (Å²) in [7, 11) is 1.53. The minimum atomic E-state index is -0.639. The zero-order valence-corrected chi connectivity index (χ0v) is 24.0. The number of nitrogens with one attached hydrogen (secondary N) is 1. The summed E-state index contributed by atoms with van der Waals surface area (Å²) in [6.07, 6.45) is 1.37. The van der Waals surface area contributed by atoms with Gasteiger partial charge in [-0.05, 0) is 111 Å². The maximum atomic E-state index is 12.9. The molecule has 0 heterocycles. The molecule has 0 fully saturated rings. The Kier molecular flexibility index (Phi) is 9.75. The molecule has 0 saturated heterocycles. The van der Waals surface area contributed by atoms with Crippen molar-refractivity contribution in [3.8, 4) is 23.3 Å². The lowest BCUT2D eigenvalue weighted by atomic mass is 10.1. The number of esters is 1. The Hall–Kier alpha value is -3.32. The second-order valence-corrected chi connectivity index (χ2v) is 9.72. The fourth-order valence-corrected chi connectivity index (χ4v) is 5.10. The molecule has 37 heavy (non-hydrogen) atoms. The summed E-state index contributed by atoms with van der Waals surface area (Å²) in [4.78, 5) is 25.5. The normalized spacial score (nSPS) is 10.9. The smallest absolute Gasteiger partial charge is 0.343 e. The van der Waals surface area contributed by atoms with Crippen LogP contribution in [0.25, 0.3) is 6.08 Å². The van der Waals surface area contributed by atoms with Crippen LogP contribution in [0.4, 0.5) is 5.69 Å². The second kappa shape index (κ2) is 12.8. The lowest BCUT2D eigenvalue weighted by Gasteiger charge is -2.14. The number of amides is 1. The first-order chi connectivity index (χ1) is 17.7. The number of hydrogen-bond acceptors (Lipinski definition) is 6. The standard InChI is InChI=1S/C27H21Br2ClN2O5/c1-4-36-23-13-16(11-18(14-31)26(33)32-24-20(28)9-15(2)10-21(24)29)12-22(30)25(23)37-27(34)17-5-7-19(35-3)8-6-17/h5-13H,4H2,1-3H3,(H,32,33)/b18-11+. The van der Waals surface area contributed by atoms with Crippen molar-refractivity contribution in [1.82, 2.24) is 0 Å². The maximum absolute atomic E-state index is 12.9. The molecule has 7 nitrogen and oxygen atoms in total. The van der Waals surface area contributed by atoms with Crippen molar-refractivity contribution in [3.63, 3.8) is 0 Å². The van der Waals surface area contributed by atoms with Gasteiger partial charge in [-0.3, -0.25) is 4.79 Å². The van der Waals surface area contributed by atoms with E-state index in [1.54, 1.807) is 31.2 Å². The van der Waals surface area contributed by atoms with Crippen molar-refractivity contribution < 1.29 is 23.8 Å². The van der Waals surface area contributed by atoms with E-state index in [4.69, 9.17) is 25.8 Å². The minimum Gasteiger partial charge on any atom is -0.497 e. The largest absolute Gasteiger partial charge is 0.497 e. The number of methoxy groups -OCH3 is 1. The number of nitriles is 1. The molecule has 1 N–H and O–H groups in total. The third kappa shape index (κ3) is 7.13. The molecule has 0 radical (unpaired) electrons. The molecule has 0 saturated carbocycles. The molecular weight excluding hydrogens is 628 g/mol. The van der Waals surface area contributed by atoms with E-state index in [9.17, 15) is 14.9 Å². The number of carbonyl (C=O) groups is 2. The van der Waals surface area contributed by atoms with Crippen molar-refractivity contribution in [2.45, 2.75) is 13.8 Å². The number of anilines is 1. The highest BCUT2D eigenvalue weighted by Crippen LogP contribution is 2.38. The van der Waals surface area contributed by atoms with Gasteiger partial charge >= 0.3 is 5.97 Å². The van der Waals surface area contributed by atoms with Crippen molar-refractivity contribution in [1.29, 1.82) is 5.26 Å². The zero-order valence-electron chi connectivity index (χ0n) is 20.0. The number of rotatable bonds is 8. The number of hydrogen-bond donors (Lipinski definition) is 1. The van der Waals surface area contributed by atoms with Crippen LogP contribution in [0.3, 0.4) is 0 Å². The van der Waals surface area contributed by atoms with E-state index in [0.717, 1.165) is 5.56 Å². The van der Waals surface area contributed by atoms with E-state index < -0.39 is 11.9 Å². The van der Waals surface area contributed by atoms with Crippen LogP contribution in [0.1, 0.15) is 28.4 Å². The molecule has 0 aliphatic heterocycles. The quantitative estimate of drug-likeness (QED) is 0.119. The summed E-state index contributed by atoms with van der Waals surface area (Å²) in [5, 5.41) is 12.5. The number of halogens is 3. The number of benzene rings is 3.